The minimum atomic E-state index is -4.19. The van der Waals surface area contributed by atoms with E-state index in [1.54, 1.807) is 0 Å². The summed E-state index contributed by atoms with van der Waals surface area (Å²) in [5, 5.41) is 0. The molecule has 0 amide bonds. The fraction of sp³-hybridized carbons (Fsp3) is 0.500. The quantitative estimate of drug-likeness (QED) is 0.601. The summed E-state index contributed by atoms with van der Waals surface area (Å²) in [5.74, 6) is -0.587. The van der Waals surface area contributed by atoms with Crippen LogP contribution in [0.1, 0.15) is 23.3 Å². The smallest absolute Gasteiger partial charge is 0.389 e. The Labute approximate surface area is 101 Å². The summed E-state index contributed by atoms with van der Waals surface area (Å²) < 4.78 is 44.8. The Hall–Kier alpha value is -1.86. The van der Waals surface area contributed by atoms with Crippen molar-refractivity contribution < 1.29 is 27.4 Å². The molecule has 0 fully saturated rings. The van der Waals surface area contributed by atoms with E-state index >= 15 is 0 Å². The molecule has 1 heterocycles. The molecular formula is C10H11F3N2O3. The molecule has 8 heteroatoms. The first-order valence-corrected chi connectivity index (χ1v) is 5.02. The van der Waals surface area contributed by atoms with Crippen LogP contribution in [0.15, 0.2) is 12.4 Å². The number of carbonyl (C=O) groups excluding carboxylic acids is 1. The van der Waals surface area contributed by atoms with E-state index in [1.807, 2.05) is 0 Å². The van der Waals surface area contributed by atoms with Gasteiger partial charge in [-0.05, 0) is 6.42 Å². The highest BCUT2D eigenvalue weighted by Gasteiger charge is 2.26. The number of halogens is 3. The van der Waals surface area contributed by atoms with Crippen molar-refractivity contribution in [3.63, 3.8) is 0 Å². The number of rotatable bonds is 5. The van der Waals surface area contributed by atoms with Crippen molar-refractivity contribution in [2.24, 2.45) is 0 Å². The number of esters is 1. The fourth-order valence-corrected chi connectivity index (χ4v) is 1.05. The van der Waals surface area contributed by atoms with Crippen LogP contribution < -0.4 is 4.74 Å². The van der Waals surface area contributed by atoms with Gasteiger partial charge in [-0.15, -0.1) is 0 Å². The number of hydrogen-bond donors (Lipinski definition) is 0. The third-order valence-corrected chi connectivity index (χ3v) is 1.88. The maximum atomic E-state index is 11.8. The minimum absolute atomic E-state index is 0.000131. The molecule has 0 saturated carbocycles. The summed E-state index contributed by atoms with van der Waals surface area (Å²) in [6.07, 6.45) is -2.99. The van der Waals surface area contributed by atoms with Crippen LogP contribution in [0.25, 0.3) is 0 Å². The minimum Gasteiger partial charge on any atom is -0.477 e. The van der Waals surface area contributed by atoms with Gasteiger partial charge in [0, 0.05) is 6.42 Å². The molecule has 1 aromatic rings. The van der Waals surface area contributed by atoms with E-state index in [1.165, 1.54) is 7.11 Å². The van der Waals surface area contributed by atoms with Gasteiger partial charge in [-0.2, -0.15) is 13.2 Å². The standard InChI is InChI=1S/C10H11F3N2O3/c1-17-9(16)7-5-15-8(6-14-7)18-4-2-3-10(11,12)13/h5-6H,2-4H2,1H3. The molecular weight excluding hydrogens is 253 g/mol. The Morgan fingerprint density at radius 1 is 1.33 bits per heavy atom. The molecule has 0 aliphatic rings. The molecule has 100 valence electrons. The number of nitrogens with zero attached hydrogens (tertiary/aromatic N) is 2. The average Bonchev–Trinajstić information content (AvgIpc) is 2.33. The second-order valence-corrected chi connectivity index (χ2v) is 3.30. The van der Waals surface area contributed by atoms with Crippen LogP contribution in [-0.4, -0.2) is 35.8 Å². The van der Waals surface area contributed by atoms with E-state index in [-0.39, 0.29) is 24.6 Å². The van der Waals surface area contributed by atoms with Crippen LogP contribution in [0.3, 0.4) is 0 Å². The Morgan fingerprint density at radius 3 is 2.56 bits per heavy atom. The van der Waals surface area contributed by atoms with Gasteiger partial charge in [-0.3, -0.25) is 0 Å². The molecule has 18 heavy (non-hydrogen) atoms. The molecule has 1 rings (SSSR count). The van der Waals surface area contributed by atoms with Crippen molar-refractivity contribution in [2.75, 3.05) is 13.7 Å². The first-order chi connectivity index (χ1) is 8.42. The normalized spacial score (nSPS) is 11.1. The lowest BCUT2D eigenvalue weighted by Gasteiger charge is -2.07. The van der Waals surface area contributed by atoms with Gasteiger partial charge in [-0.1, -0.05) is 0 Å². The van der Waals surface area contributed by atoms with Gasteiger partial charge in [0.25, 0.3) is 0 Å². The van der Waals surface area contributed by atoms with Crippen molar-refractivity contribution in [1.82, 2.24) is 9.97 Å². The Bertz CT molecular complexity index is 392. The SMILES string of the molecule is COC(=O)c1cnc(OCCCC(F)(F)F)cn1. The highest BCUT2D eigenvalue weighted by atomic mass is 19.4. The van der Waals surface area contributed by atoms with Gasteiger partial charge in [0.2, 0.25) is 5.88 Å². The zero-order valence-electron chi connectivity index (χ0n) is 9.53. The highest BCUT2D eigenvalue weighted by Crippen LogP contribution is 2.21. The van der Waals surface area contributed by atoms with Crippen LogP contribution in [0.5, 0.6) is 5.88 Å². The summed E-state index contributed by atoms with van der Waals surface area (Å²) >= 11 is 0. The van der Waals surface area contributed by atoms with E-state index in [0.717, 1.165) is 12.4 Å². The molecule has 5 nitrogen and oxygen atoms in total. The molecule has 0 radical (unpaired) electrons. The van der Waals surface area contributed by atoms with Crippen molar-refractivity contribution in [3.05, 3.63) is 18.1 Å². The largest absolute Gasteiger partial charge is 0.477 e. The fourth-order valence-electron chi connectivity index (χ4n) is 1.05. The molecule has 1 aromatic heterocycles. The third-order valence-electron chi connectivity index (χ3n) is 1.88. The van der Waals surface area contributed by atoms with Crippen molar-refractivity contribution in [2.45, 2.75) is 19.0 Å². The number of aromatic nitrogens is 2. The number of methoxy groups -OCH3 is 1. The van der Waals surface area contributed by atoms with Gasteiger partial charge >= 0.3 is 12.1 Å². The Morgan fingerprint density at radius 2 is 2.06 bits per heavy atom. The topological polar surface area (TPSA) is 61.3 Å². The third kappa shape index (κ3) is 4.98. The number of alkyl halides is 3. The van der Waals surface area contributed by atoms with E-state index in [2.05, 4.69) is 14.7 Å². The first kappa shape index (κ1) is 14.2. The second-order valence-electron chi connectivity index (χ2n) is 3.30. The van der Waals surface area contributed by atoms with E-state index in [0.29, 0.717) is 0 Å². The molecule has 0 N–H and O–H groups in total. The number of carbonyl (C=O) groups is 1. The molecule has 0 spiro atoms. The van der Waals surface area contributed by atoms with Crippen LogP contribution in [0.4, 0.5) is 13.2 Å². The summed E-state index contributed by atoms with van der Waals surface area (Å²) in [4.78, 5) is 18.4. The summed E-state index contributed by atoms with van der Waals surface area (Å²) in [6.45, 7) is -0.119. The molecule has 0 aliphatic carbocycles. The molecule has 0 aliphatic heterocycles. The van der Waals surface area contributed by atoms with E-state index in [9.17, 15) is 18.0 Å². The van der Waals surface area contributed by atoms with Gasteiger partial charge in [-0.25, -0.2) is 14.8 Å². The van der Waals surface area contributed by atoms with Crippen molar-refractivity contribution in [1.29, 1.82) is 0 Å². The van der Waals surface area contributed by atoms with Gasteiger partial charge in [0.05, 0.1) is 26.1 Å². The van der Waals surface area contributed by atoms with Crippen LogP contribution >= 0.6 is 0 Å². The lowest BCUT2D eigenvalue weighted by Crippen LogP contribution is -2.10. The molecule has 0 atom stereocenters. The second kappa shape index (κ2) is 6.18. The maximum absolute atomic E-state index is 11.8. The molecule has 0 unspecified atom stereocenters. The lowest BCUT2D eigenvalue weighted by atomic mass is 10.3. The Kier molecular flexibility index (Phi) is 4.87. The monoisotopic (exact) mass is 264 g/mol. The maximum Gasteiger partial charge on any atom is 0.389 e. The van der Waals surface area contributed by atoms with Crippen molar-refractivity contribution in [3.8, 4) is 5.88 Å². The van der Waals surface area contributed by atoms with E-state index in [4.69, 9.17) is 4.74 Å². The predicted molar refractivity (Wildman–Crippen MR) is 54.2 cm³/mol. The predicted octanol–water partition coefficient (Wildman–Crippen LogP) is 1.98. The highest BCUT2D eigenvalue weighted by molar-refractivity contribution is 5.86. The van der Waals surface area contributed by atoms with Crippen LogP contribution in [0.2, 0.25) is 0 Å². The summed E-state index contributed by atoms with van der Waals surface area (Å²) in [5.41, 5.74) is 0.000131. The molecule has 0 saturated heterocycles. The summed E-state index contributed by atoms with van der Waals surface area (Å²) in [6, 6.07) is 0. The zero-order chi connectivity index (χ0) is 13.6. The zero-order valence-corrected chi connectivity index (χ0v) is 9.53. The first-order valence-electron chi connectivity index (χ1n) is 5.02. The van der Waals surface area contributed by atoms with E-state index < -0.39 is 18.6 Å². The lowest BCUT2D eigenvalue weighted by molar-refractivity contribution is -0.136. The van der Waals surface area contributed by atoms with Crippen molar-refractivity contribution >= 4 is 5.97 Å². The average molecular weight is 264 g/mol. The summed E-state index contributed by atoms with van der Waals surface area (Å²) in [7, 11) is 1.20. The molecule has 0 bridgehead atoms. The molecule has 0 aromatic carbocycles. The van der Waals surface area contributed by atoms with Gasteiger partial charge in [0.15, 0.2) is 5.69 Å². The number of ether oxygens (including phenoxy) is 2. The van der Waals surface area contributed by atoms with Gasteiger partial charge < -0.3 is 9.47 Å². The number of hydrogen-bond acceptors (Lipinski definition) is 5. The van der Waals surface area contributed by atoms with Gasteiger partial charge in [0.1, 0.15) is 0 Å². The van der Waals surface area contributed by atoms with Crippen LogP contribution in [-0.2, 0) is 4.74 Å². The Balaban J connectivity index is 2.38. The van der Waals surface area contributed by atoms with Crippen LogP contribution in [0, 0.1) is 0 Å².